The lowest BCUT2D eigenvalue weighted by molar-refractivity contribution is -0.126. The number of nitrogens with zero attached hydrogens (tertiary/aromatic N) is 1. The molecule has 22 heavy (non-hydrogen) atoms. The highest BCUT2D eigenvalue weighted by molar-refractivity contribution is 7.11. The first kappa shape index (κ1) is 15.0. The highest BCUT2D eigenvalue weighted by Gasteiger charge is 2.26. The highest BCUT2D eigenvalue weighted by Crippen LogP contribution is 2.25. The van der Waals surface area contributed by atoms with Crippen molar-refractivity contribution >= 4 is 23.3 Å². The van der Waals surface area contributed by atoms with Crippen molar-refractivity contribution in [3.8, 4) is 0 Å². The molecule has 0 bridgehead atoms. The first-order valence-corrected chi connectivity index (χ1v) is 8.25. The number of carbonyl (C=O) groups excluding carboxylic acids is 1. The zero-order valence-corrected chi connectivity index (χ0v) is 13.3. The van der Waals surface area contributed by atoms with Gasteiger partial charge in [-0.1, -0.05) is 24.3 Å². The molecule has 0 aliphatic heterocycles. The van der Waals surface area contributed by atoms with Crippen molar-refractivity contribution in [2.24, 2.45) is 0 Å². The van der Waals surface area contributed by atoms with Crippen LogP contribution in [0.3, 0.4) is 0 Å². The molecule has 1 aliphatic carbocycles. The Kier molecular flexibility index (Phi) is 4.41. The summed E-state index contributed by atoms with van der Waals surface area (Å²) in [5, 5.41) is 11.0. The van der Waals surface area contributed by atoms with Crippen LogP contribution in [0.5, 0.6) is 0 Å². The topological polar surface area (TPSA) is 40.5 Å². The molecule has 1 aromatic carbocycles. The van der Waals surface area contributed by atoms with E-state index in [4.69, 9.17) is 5.11 Å². The Bertz CT molecular complexity index is 680. The summed E-state index contributed by atoms with van der Waals surface area (Å²) in [5.74, 6) is 0.0248. The maximum atomic E-state index is 12.3. The van der Waals surface area contributed by atoms with Crippen molar-refractivity contribution in [3.05, 3.63) is 63.4 Å². The summed E-state index contributed by atoms with van der Waals surface area (Å²) in [5.41, 5.74) is 3.58. The van der Waals surface area contributed by atoms with Gasteiger partial charge in [0.05, 0.1) is 6.61 Å². The fraction of sp³-hybridized carbons (Fsp3) is 0.278. The van der Waals surface area contributed by atoms with E-state index < -0.39 is 0 Å². The second-order valence-electron chi connectivity index (χ2n) is 5.63. The zero-order chi connectivity index (χ0) is 15.5. The predicted molar refractivity (Wildman–Crippen MR) is 89.7 cm³/mol. The second-order valence-corrected chi connectivity index (χ2v) is 6.57. The van der Waals surface area contributed by atoms with E-state index in [2.05, 4.69) is 24.3 Å². The van der Waals surface area contributed by atoms with Crippen LogP contribution in [0.15, 0.2) is 41.8 Å². The molecule has 0 unspecified atom stereocenters. The van der Waals surface area contributed by atoms with E-state index in [-0.39, 0.29) is 18.6 Å². The summed E-state index contributed by atoms with van der Waals surface area (Å²) in [4.78, 5) is 15.1. The Morgan fingerprint density at radius 3 is 2.64 bits per heavy atom. The number of hydrogen-bond acceptors (Lipinski definition) is 3. The van der Waals surface area contributed by atoms with E-state index in [9.17, 15) is 4.79 Å². The minimum Gasteiger partial charge on any atom is -0.392 e. The van der Waals surface area contributed by atoms with Crippen LogP contribution < -0.4 is 0 Å². The van der Waals surface area contributed by atoms with Gasteiger partial charge in [-0.3, -0.25) is 4.79 Å². The van der Waals surface area contributed by atoms with Gasteiger partial charge in [0.2, 0.25) is 5.91 Å². The molecule has 0 saturated carbocycles. The molecule has 1 aromatic heterocycles. The van der Waals surface area contributed by atoms with Gasteiger partial charge >= 0.3 is 0 Å². The molecule has 1 amide bonds. The van der Waals surface area contributed by atoms with Gasteiger partial charge in [-0.25, -0.2) is 0 Å². The molecule has 0 saturated heterocycles. The average molecular weight is 313 g/mol. The van der Waals surface area contributed by atoms with E-state index >= 15 is 0 Å². The molecule has 1 aliphatic rings. The largest absolute Gasteiger partial charge is 0.392 e. The Balaban J connectivity index is 1.63. The lowest BCUT2D eigenvalue weighted by Crippen LogP contribution is -2.36. The minimum absolute atomic E-state index is 0.0248. The molecule has 0 radical (unpaired) electrons. The molecule has 1 heterocycles. The van der Waals surface area contributed by atoms with Gasteiger partial charge in [-0.15, -0.1) is 11.3 Å². The molecule has 1 N–H and O–H groups in total. The number of amides is 1. The minimum atomic E-state index is 0.0248. The van der Waals surface area contributed by atoms with E-state index in [1.807, 2.05) is 29.5 Å². The maximum absolute atomic E-state index is 12.3. The number of hydrogen-bond donors (Lipinski definition) is 1. The molecule has 2 aromatic rings. The first-order valence-electron chi connectivity index (χ1n) is 7.37. The third-order valence-corrected chi connectivity index (χ3v) is 5.12. The van der Waals surface area contributed by atoms with Crippen LogP contribution in [0.1, 0.15) is 21.6 Å². The SMILES string of the molecule is CN(C(=O)C=Cc1cc(CO)cs1)C1Cc2ccccc2C1. The van der Waals surface area contributed by atoms with Crippen LogP contribution in [0, 0.1) is 0 Å². The lowest BCUT2D eigenvalue weighted by atomic mass is 10.1. The molecule has 0 atom stereocenters. The molecule has 0 spiro atoms. The van der Waals surface area contributed by atoms with Crippen molar-refractivity contribution in [3.63, 3.8) is 0 Å². The third kappa shape index (κ3) is 3.13. The molecule has 4 heteroatoms. The molecular weight excluding hydrogens is 294 g/mol. The number of rotatable bonds is 4. The standard InChI is InChI=1S/C18H19NO2S/c1-19(16-9-14-4-2-3-5-15(14)10-16)18(21)7-6-17-8-13(11-20)12-22-17/h2-8,12,16,20H,9-11H2,1H3. The summed E-state index contributed by atoms with van der Waals surface area (Å²) in [7, 11) is 1.87. The Morgan fingerprint density at radius 2 is 2.05 bits per heavy atom. The van der Waals surface area contributed by atoms with Crippen LogP contribution in [0.2, 0.25) is 0 Å². The highest BCUT2D eigenvalue weighted by atomic mass is 32.1. The molecular formula is C18H19NO2S. The fourth-order valence-corrected chi connectivity index (χ4v) is 3.62. The van der Waals surface area contributed by atoms with Crippen LogP contribution in [-0.4, -0.2) is 29.0 Å². The van der Waals surface area contributed by atoms with Crippen molar-refractivity contribution in [1.29, 1.82) is 0 Å². The number of carbonyl (C=O) groups is 1. The number of aliphatic hydroxyl groups is 1. The lowest BCUT2D eigenvalue weighted by Gasteiger charge is -2.22. The number of thiophene rings is 1. The van der Waals surface area contributed by atoms with Gasteiger partial charge in [-0.05, 0) is 47.1 Å². The Hall–Kier alpha value is -1.91. The Morgan fingerprint density at radius 1 is 1.36 bits per heavy atom. The zero-order valence-electron chi connectivity index (χ0n) is 12.5. The number of fused-ring (bicyclic) bond motifs is 1. The normalized spacial score (nSPS) is 14.5. The van der Waals surface area contributed by atoms with E-state index in [0.717, 1.165) is 23.3 Å². The van der Waals surface area contributed by atoms with Gasteiger partial charge in [-0.2, -0.15) is 0 Å². The van der Waals surface area contributed by atoms with Crippen molar-refractivity contribution in [2.75, 3.05) is 7.05 Å². The summed E-state index contributed by atoms with van der Waals surface area (Å²) < 4.78 is 0. The fourth-order valence-electron chi connectivity index (χ4n) is 2.83. The second kappa shape index (κ2) is 6.46. The van der Waals surface area contributed by atoms with Crippen LogP contribution in [0.4, 0.5) is 0 Å². The van der Waals surface area contributed by atoms with E-state index in [1.54, 1.807) is 6.08 Å². The number of aliphatic hydroxyl groups excluding tert-OH is 1. The van der Waals surface area contributed by atoms with Gasteiger partial charge < -0.3 is 10.0 Å². The van der Waals surface area contributed by atoms with Gasteiger partial charge in [0.15, 0.2) is 0 Å². The van der Waals surface area contributed by atoms with E-state index in [0.29, 0.717) is 0 Å². The third-order valence-electron chi connectivity index (χ3n) is 4.17. The van der Waals surface area contributed by atoms with Gasteiger partial charge in [0.1, 0.15) is 0 Å². The summed E-state index contributed by atoms with van der Waals surface area (Å²) in [6, 6.07) is 10.5. The number of benzene rings is 1. The average Bonchev–Trinajstić information content (AvgIpc) is 3.17. The smallest absolute Gasteiger partial charge is 0.246 e. The summed E-state index contributed by atoms with van der Waals surface area (Å²) in [6.45, 7) is 0.0402. The molecule has 0 fully saturated rings. The van der Waals surface area contributed by atoms with Crippen LogP contribution in [0.25, 0.3) is 6.08 Å². The quantitative estimate of drug-likeness (QED) is 0.882. The summed E-state index contributed by atoms with van der Waals surface area (Å²) >= 11 is 1.53. The molecule has 3 rings (SSSR count). The Labute approximate surface area is 134 Å². The van der Waals surface area contributed by atoms with Gasteiger partial charge in [0, 0.05) is 24.0 Å². The van der Waals surface area contributed by atoms with Crippen molar-refractivity contribution < 1.29 is 9.90 Å². The summed E-state index contributed by atoms with van der Waals surface area (Å²) in [6.07, 6.45) is 5.31. The van der Waals surface area contributed by atoms with E-state index in [1.165, 1.54) is 22.5 Å². The molecule has 114 valence electrons. The first-order chi connectivity index (χ1) is 10.7. The monoisotopic (exact) mass is 313 g/mol. The molecule has 3 nitrogen and oxygen atoms in total. The maximum Gasteiger partial charge on any atom is 0.246 e. The number of likely N-dealkylation sites (N-methyl/N-ethyl adjacent to an activating group) is 1. The van der Waals surface area contributed by atoms with Crippen LogP contribution >= 0.6 is 11.3 Å². The predicted octanol–water partition coefficient (Wildman–Crippen LogP) is 2.88. The van der Waals surface area contributed by atoms with Gasteiger partial charge in [0.25, 0.3) is 0 Å². The van der Waals surface area contributed by atoms with Crippen molar-refractivity contribution in [2.45, 2.75) is 25.5 Å². The van der Waals surface area contributed by atoms with Crippen LogP contribution in [-0.2, 0) is 24.2 Å². The van der Waals surface area contributed by atoms with Crippen molar-refractivity contribution in [1.82, 2.24) is 4.90 Å².